The summed E-state index contributed by atoms with van der Waals surface area (Å²) in [7, 11) is 0. The highest BCUT2D eigenvalue weighted by Crippen LogP contribution is 2.32. The molecule has 132 valence electrons. The van der Waals surface area contributed by atoms with Crippen LogP contribution in [-0.4, -0.2) is 17.6 Å². The lowest BCUT2D eigenvalue weighted by atomic mass is 9.99. The maximum atomic E-state index is 12.2. The molecule has 1 heterocycles. The summed E-state index contributed by atoms with van der Waals surface area (Å²) in [6.45, 7) is 0.873. The first-order valence-corrected chi connectivity index (χ1v) is 8.51. The Morgan fingerprint density at radius 1 is 0.962 bits per heavy atom. The maximum Gasteiger partial charge on any atom is 0.412 e. The molecular weight excluding hydrogens is 326 g/mol. The van der Waals surface area contributed by atoms with Crippen LogP contribution in [0.5, 0.6) is 5.75 Å². The van der Waals surface area contributed by atoms with Crippen molar-refractivity contribution < 1.29 is 9.53 Å². The summed E-state index contributed by atoms with van der Waals surface area (Å²) in [5, 5.41) is 2.76. The van der Waals surface area contributed by atoms with Crippen molar-refractivity contribution in [2.75, 3.05) is 6.54 Å². The zero-order chi connectivity index (χ0) is 18.2. The van der Waals surface area contributed by atoms with Gasteiger partial charge in [-0.1, -0.05) is 48.5 Å². The highest BCUT2D eigenvalue weighted by atomic mass is 16.6. The predicted octanol–water partition coefficient (Wildman–Crippen LogP) is 3.54. The molecule has 0 spiro atoms. The van der Waals surface area contributed by atoms with Gasteiger partial charge in [-0.15, -0.1) is 0 Å². The summed E-state index contributed by atoms with van der Waals surface area (Å²) < 4.78 is 5.53. The minimum absolute atomic E-state index is 0.417. The van der Waals surface area contributed by atoms with Gasteiger partial charge in [0.1, 0.15) is 5.75 Å². The first-order valence-electron chi connectivity index (χ1n) is 8.51. The molecule has 26 heavy (non-hydrogen) atoms. The first-order chi connectivity index (χ1) is 12.8. The monoisotopic (exact) mass is 347 g/mol. The number of aromatic nitrogens is 1. The number of rotatable bonds is 6. The fourth-order valence-electron chi connectivity index (χ4n) is 2.71. The third-order valence-electron chi connectivity index (χ3n) is 3.99. The molecule has 5 heteroatoms. The van der Waals surface area contributed by atoms with E-state index in [0.717, 1.165) is 22.4 Å². The Balaban J connectivity index is 1.67. The van der Waals surface area contributed by atoms with Crippen LogP contribution in [0.25, 0.3) is 11.1 Å². The van der Waals surface area contributed by atoms with Gasteiger partial charge in [-0.05, 0) is 29.3 Å². The predicted molar refractivity (Wildman–Crippen MR) is 102 cm³/mol. The van der Waals surface area contributed by atoms with Gasteiger partial charge in [0.2, 0.25) is 0 Å². The number of nitrogens with one attached hydrogen (secondary N) is 1. The smallest absolute Gasteiger partial charge is 0.410 e. The molecular formula is C21H21N3O2. The van der Waals surface area contributed by atoms with E-state index in [1.807, 2.05) is 60.7 Å². The minimum atomic E-state index is -0.487. The van der Waals surface area contributed by atoms with Crippen molar-refractivity contribution in [3.63, 3.8) is 0 Å². The molecule has 0 saturated heterocycles. The van der Waals surface area contributed by atoms with E-state index in [-0.39, 0.29) is 0 Å². The van der Waals surface area contributed by atoms with Gasteiger partial charge in [0, 0.05) is 37.0 Å². The van der Waals surface area contributed by atoms with Gasteiger partial charge in [0.05, 0.1) is 0 Å². The Morgan fingerprint density at radius 2 is 1.69 bits per heavy atom. The molecule has 2 aromatic carbocycles. The number of nitrogens with two attached hydrogens (primary N) is 1. The van der Waals surface area contributed by atoms with E-state index in [0.29, 0.717) is 25.3 Å². The fraction of sp³-hybridized carbons (Fsp3) is 0.143. The SMILES string of the molecule is NCc1ccccc1-c1ccccc1OC(=O)NCCc1ccccn1. The molecule has 0 atom stereocenters. The van der Waals surface area contributed by atoms with Crippen LogP contribution in [0.4, 0.5) is 4.79 Å². The Bertz CT molecular complexity index is 866. The Hall–Kier alpha value is -3.18. The average molecular weight is 347 g/mol. The van der Waals surface area contributed by atoms with Gasteiger partial charge >= 0.3 is 6.09 Å². The molecule has 0 aliphatic rings. The lowest BCUT2D eigenvalue weighted by Crippen LogP contribution is -2.29. The third kappa shape index (κ3) is 4.46. The molecule has 1 aromatic heterocycles. The molecule has 0 saturated carbocycles. The molecule has 0 radical (unpaired) electrons. The minimum Gasteiger partial charge on any atom is -0.410 e. The van der Waals surface area contributed by atoms with Gasteiger partial charge in [0.15, 0.2) is 0 Å². The number of amides is 1. The number of hydrogen-bond acceptors (Lipinski definition) is 4. The zero-order valence-electron chi connectivity index (χ0n) is 14.4. The summed E-state index contributed by atoms with van der Waals surface area (Å²) in [6.07, 6.45) is 1.89. The third-order valence-corrected chi connectivity index (χ3v) is 3.99. The lowest BCUT2D eigenvalue weighted by Gasteiger charge is -2.13. The van der Waals surface area contributed by atoms with Crippen molar-refractivity contribution in [3.8, 4) is 16.9 Å². The Morgan fingerprint density at radius 3 is 2.46 bits per heavy atom. The van der Waals surface area contributed by atoms with Crippen LogP contribution in [-0.2, 0) is 13.0 Å². The van der Waals surface area contributed by atoms with E-state index in [4.69, 9.17) is 10.5 Å². The number of pyridine rings is 1. The van der Waals surface area contributed by atoms with Crippen LogP contribution >= 0.6 is 0 Å². The summed E-state index contributed by atoms with van der Waals surface area (Å²) >= 11 is 0. The van der Waals surface area contributed by atoms with Crippen molar-refractivity contribution in [1.29, 1.82) is 0 Å². The number of ether oxygens (including phenoxy) is 1. The van der Waals surface area contributed by atoms with Crippen LogP contribution in [0.3, 0.4) is 0 Å². The topological polar surface area (TPSA) is 77.2 Å². The van der Waals surface area contributed by atoms with Crippen LogP contribution in [0.1, 0.15) is 11.3 Å². The normalized spacial score (nSPS) is 10.3. The molecule has 0 bridgehead atoms. The molecule has 5 nitrogen and oxygen atoms in total. The molecule has 3 rings (SSSR count). The standard InChI is InChI=1S/C21H21N3O2/c22-15-16-7-1-2-9-18(16)19-10-3-4-11-20(19)26-21(25)24-14-12-17-8-5-6-13-23-17/h1-11,13H,12,14-15,22H2,(H,24,25). The number of benzene rings is 2. The van der Waals surface area contributed by atoms with E-state index in [2.05, 4.69) is 10.3 Å². The Kier molecular flexibility index (Phi) is 5.96. The quantitative estimate of drug-likeness (QED) is 0.715. The van der Waals surface area contributed by atoms with Crippen LogP contribution in [0.2, 0.25) is 0 Å². The number of para-hydroxylation sites is 1. The average Bonchev–Trinajstić information content (AvgIpc) is 2.69. The van der Waals surface area contributed by atoms with Crippen molar-refractivity contribution in [2.24, 2.45) is 5.73 Å². The Labute approximate surface area is 152 Å². The molecule has 0 aliphatic heterocycles. The van der Waals surface area contributed by atoms with E-state index in [1.165, 1.54) is 0 Å². The van der Waals surface area contributed by atoms with Gasteiger partial charge in [-0.25, -0.2) is 4.79 Å². The summed E-state index contributed by atoms with van der Waals surface area (Å²) in [6, 6.07) is 21.0. The number of nitrogens with zero attached hydrogens (tertiary/aromatic N) is 1. The maximum absolute atomic E-state index is 12.2. The van der Waals surface area contributed by atoms with Crippen molar-refractivity contribution in [3.05, 3.63) is 84.2 Å². The second kappa shape index (κ2) is 8.78. The van der Waals surface area contributed by atoms with E-state index in [9.17, 15) is 4.79 Å². The second-order valence-corrected chi connectivity index (χ2v) is 5.74. The first kappa shape index (κ1) is 17.6. The number of carbonyl (C=O) groups excluding carboxylic acids is 1. The van der Waals surface area contributed by atoms with Crippen molar-refractivity contribution in [2.45, 2.75) is 13.0 Å². The van der Waals surface area contributed by atoms with Gasteiger partial charge in [0.25, 0.3) is 0 Å². The lowest BCUT2D eigenvalue weighted by molar-refractivity contribution is 0.201. The largest absolute Gasteiger partial charge is 0.412 e. The van der Waals surface area contributed by atoms with Gasteiger partial charge in [-0.3, -0.25) is 4.98 Å². The van der Waals surface area contributed by atoms with Crippen LogP contribution in [0, 0.1) is 0 Å². The summed E-state index contributed by atoms with van der Waals surface area (Å²) in [5.41, 5.74) is 9.56. The summed E-state index contributed by atoms with van der Waals surface area (Å²) in [4.78, 5) is 16.4. The highest BCUT2D eigenvalue weighted by molar-refractivity contribution is 5.78. The second-order valence-electron chi connectivity index (χ2n) is 5.74. The zero-order valence-corrected chi connectivity index (χ0v) is 14.4. The molecule has 0 unspecified atom stereocenters. The molecule has 0 fully saturated rings. The number of carbonyl (C=O) groups is 1. The van der Waals surface area contributed by atoms with E-state index < -0.39 is 6.09 Å². The van der Waals surface area contributed by atoms with Crippen molar-refractivity contribution >= 4 is 6.09 Å². The van der Waals surface area contributed by atoms with Gasteiger partial charge < -0.3 is 15.8 Å². The van der Waals surface area contributed by atoms with Gasteiger partial charge in [-0.2, -0.15) is 0 Å². The highest BCUT2D eigenvalue weighted by Gasteiger charge is 2.12. The van der Waals surface area contributed by atoms with E-state index >= 15 is 0 Å². The summed E-state index contributed by atoms with van der Waals surface area (Å²) in [5.74, 6) is 0.503. The molecule has 0 aliphatic carbocycles. The fourth-order valence-corrected chi connectivity index (χ4v) is 2.71. The number of hydrogen-bond donors (Lipinski definition) is 2. The van der Waals surface area contributed by atoms with Crippen molar-refractivity contribution in [1.82, 2.24) is 10.3 Å². The van der Waals surface area contributed by atoms with Crippen LogP contribution < -0.4 is 15.8 Å². The molecule has 3 aromatic rings. The molecule has 3 N–H and O–H groups in total. The van der Waals surface area contributed by atoms with Crippen LogP contribution in [0.15, 0.2) is 72.9 Å². The molecule has 1 amide bonds. The van der Waals surface area contributed by atoms with E-state index in [1.54, 1.807) is 12.3 Å².